The number of carbonyl (C=O) groups is 3. The molecule has 54 heavy (non-hydrogen) atoms. The van der Waals surface area contributed by atoms with Gasteiger partial charge in [0.05, 0.1) is 65.8 Å². The Bertz CT molecular complexity index is 1910. The third-order valence-electron chi connectivity index (χ3n) is 9.99. The van der Waals surface area contributed by atoms with Crippen molar-refractivity contribution in [3.63, 3.8) is 0 Å². The molecule has 0 radical (unpaired) electrons. The molecule has 2 N–H and O–H groups in total. The number of piperazine rings is 1. The van der Waals surface area contributed by atoms with Gasteiger partial charge in [-0.05, 0) is 51.0 Å². The largest absolute Gasteiger partial charge is 0.490 e. The van der Waals surface area contributed by atoms with Gasteiger partial charge in [0.2, 0.25) is 0 Å². The number of alkyl halides is 3. The Morgan fingerprint density at radius 3 is 2.26 bits per heavy atom. The van der Waals surface area contributed by atoms with Gasteiger partial charge in [-0.2, -0.15) is 13.2 Å². The molecule has 0 aromatic heterocycles. The topological polar surface area (TPSA) is 121 Å². The van der Waals surface area contributed by atoms with E-state index in [9.17, 15) is 22.8 Å². The lowest BCUT2D eigenvalue weighted by molar-refractivity contribution is -0.192. The fourth-order valence-corrected chi connectivity index (χ4v) is 8.00. The number of amides is 1. The monoisotopic (exact) mass is 796 g/mol. The Morgan fingerprint density at radius 1 is 1.00 bits per heavy atom. The number of para-hydroxylation sites is 1. The Morgan fingerprint density at radius 2 is 1.65 bits per heavy atom. The summed E-state index contributed by atoms with van der Waals surface area (Å²) in [4.78, 5) is 41.5. The van der Waals surface area contributed by atoms with E-state index in [-0.39, 0.29) is 58.5 Å². The van der Waals surface area contributed by atoms with E-state index < -0.39 is 23.9 Å². The second-order valence-electron chi connectivity index (χ2n) is 13.6. The third kappa shape index (κ3) is 7.90. The highest BCUT2D eigenvalue weighted by Gasteiger charge is 2.40. The molecule has 4 heterocycles. The van der Waals surface area contributed by atoms with Gasteiger partial charge >= 0.3 is 18.1 Å². The zero-order valence-corrected chi connectivity index (χ0v) is 31.0. The average Bonchev–Trinajstić information content (AvgIpc) is 3.37. The summed E-state index contributed by atoms with van der Waals surface area (Å²) < 4.78 is 64.6. The summed E-state index contributed by atoms with van der Waals surface area (Å²) in [5.74, 6) is -3.81. The minimum absolute atomic E-state index is 0.0774. The van der Waals surface area contributed by atoms with Crippen LogP contribution in [0.3, 0.4) is 0 Å². The number of fused-ring (bicyclic) bond motifs is 3. The molecule has 3 fully saturated rings. The number of benzene rings is 3. The fourth-order valence-electron chi connectivity index (χ4n) is 7.36. The number of rotatable bonds is 5. The lowest BCUT2D eigenvalue weighted by Crippen LogP contribution is -2.54. The molecular formula is C37H38Cl2F4N4O7. The molecule has 3 aromatic carbocycles. The van der Waals surface area contributed by atoms with E-state index in [1.807, 2.05) is 12.1 Å². The van der Waals surface area contributed by atoms with Crippen molar-refractivity contribution >= 4 is 52.4 Å². The molecule has 3 aromatic rings. The first-order valence-electron chi connectivity index (χ1n) is 17.2. The van der Waals surface area contributed by atoms with Crippen molar-refractivity contribution in [2.75, 3.05) is 49.9 Å². The van der Waals surface area contributed by atoms with Crippen molar-refractivity contribution in [3.8, 4) is 16.9 Å². The predicted molar refractivity (Wildman–Crippen MR) is 193 cm³/mol. The molecule has 11 nitrogen and oxygen atoms in total. The highest BCUT2D eigenvalue weighted by Crippen LogP contribution is 2.43. The minimum Gasteiger partial charge on any atom is -0.475 e. The van der Waals surface area contributed by atoms with Gasteiger partial charge < -0.3 is 39.3 Å². The van der Waals surface area contributed by atoms with Crippen LogP contribution in [-0.4, -0.2) is 98.3 Å². The first-order chi connectivity index (χ1) is 25.6. The van der Waals surface area contributed by atoms with E-state index in [0.29, 0.717) is 47.4 Å². The summed E-state index contributed by atoms with van der Waals surface area (Å²) in [5.41, 5.74) is 3.41. The molecule has 3 saturated heterocycles. The summed E-state index contributed by atoms with van der Waals surface area (Å²) in [7, 11) is 1.29. The smallest absolute Gasteiger partial charge is 0.475 e. The van der Waals surface area contributed by atoms with Gasteiger partial charge in [-0.25, -0.2) is 14.0 Å². The highest BCUT2D eigenvalue weighted by atomic mass is 35.5. The Kier molecular flexibility index (Phi) is 11.5. The standard InChI is InChI=1S/C35H37Cl2FN4O5.C2HF3O2/c1-19-14-41(20(2)13-39-19)24-9-28(36)32(29(37)10-24)34(43)40-15-21-5-4-6-25(33(21)47-18-40)26-12-31(27(11-30(26)38)35(44)45-3)42-22-7-8-23(42)17-46-16-22;3-2(4,5)1(6)7/h4-6,9-12,19-20,22-23,39H,7-8,13-18H2,1-3H3;(H,6,7)/t19-,20+,22?,23?;/m0./s1. The van der Waals surface area contributed by atoms with E-state index >= 15 is 4.39 Å². The Labute approximate surface area is 318 Å². The lowest BCUT2D eigenvalue weighted by atomic mass is 9.96. The second-order valence-corrected chi connectivity index (χ2v) is 14.5. The van der Waals surface area contributed by atoms with Crippen LogP contribution < -0.4 is 19.9 Å². The van der Waals surface area contributed by atoms with Crippen molar-refractivity contribution in [3.05, 3.63) is 75.0 Å². The number of carboxylic acids is 1. The van der Waals surface area contributed by atoms with Gasteiger partial charge in [-0.15, -0.1) is 0 Å². The molecule has 2 unspecified atom stereocenters. The maximum atomic E-state index is 15.9. The number of hydrogen-bond donors (Lipinski definition) is 2. The van der Waals surface area contributed by atoms with E-state index in [1.165, 1.54) is 18.1 Å². The number of halogens is 6. The van der Waals surface area contributed by atoms with Gasteiger partial charge in [0, 0.05) is 47.6 Å². The number of methoxy groups -OCH3 is 1. The van der Waals surface area contributed by atoms with Crippen LogP contribution in [0, 0.1) is 5.82 Å². The van der Waals surface area contributed by atoms with Crippen LogP contribution in [0.25, 0.3) is 11.1 Å². The molecule has 1 amide bonds. The number of anilines is 2. The van der Waals surface area contributed by atoms with Gasteiger partial charge in [0.25, 0.3) is 5.91 Å². The van der Waals surface area contributed by atoms with Crippen LogP contribution in [-0.2, 0) is 20.8 Å². The number of aliphatic carboxylic acids is 1. The molecule has 0 saturated carbocycles. The summed E-state index contributed by atoms with van der Waals surface area (Å²) in [5, 5.41) is 11.1. The number of ether oxygens (including phenoxy) is 3. The number of nitrogens with zero attached hydrogens (tertiary/aromatic N) is 3. The number of nitrogens with one attached hydrogen (secondary N) is 1. The number of carbonyl (C=O) groups excluding carboxylic acids is 2. The van der Waals surface area contributed by atoms with Crippen LogP contribution in [0.4, 0.5) is 28.9 Å². The summed E-state index contributed by atoms with van der Waals surface area (Å²) in [6, 6.07) is 12.7. The van der Waals surface area contributed by atoms with Crippen LogP contribution >= 0.6 is 23.2 Å². The van der Waals surface area contributed by atoms with Crippen LogP contribution in [0.2, 0.25) is 10.0 Å². The van der Waals surface area contributed by atoms with E-state index in [2.05, 4.69) is 29.0 Å². The number of morpholine rings is 1. The fraction of sp³-hybridized carbons (Fsp3) is 0.432. The molecule has 4 aliphatic heterocycles. The van der Waals surface area contributed by atoms with Crippen LogP contribution in [0.1, 0.15) is 53.0 Å². The van der Waals surface area contributed by atoms with E-state index in [4.69, 9.17) is 47.3 Å². The van der Waals surface area contributed by atoms with E-state index in [0.717, 1.165) is 31.6 Å². The van der Waals surface area contributed by atoms with Crippen molar-refractivity contribution in [2.45, 2.75) is 63.6 Å². The zero-order chi connectivity index (χ0) is 39.1. The SMILES string of the molecule is COC(=O)c1cc(F)c(-c2cccc3c2OCN(C(=O)c2c(Cl)cc(N4C[C@H](C)NC[C@H]4C)cc2Cl)C3)cc1N1C2CCC1COC2.O=C(O)C(F)(F)F. The van der Waals surface area contributed by atoms with E-state index in [1.54, 1.807) is 24.3 Å². The minimum atomic E-state index is -5.08. The number of hydrogen-bond acceptors (Lipinski definition) is 9. The van der Waals surface area contributed by atoms with Crippen molar-refractivity contribution in [1.29, 1.82) is 0 Å². The van der Waals surface area contributed by atoms with Crippen molar-refractivity contribution in [1.82, 2.24) is 10.2 Å². The van der Waals surface area contributed by atoms with Gasteiger partial charge in [-0.1, -0.05) is 41.4 Å². The van der Waals surface area contributed by atoms with Crippen LogP contribution in [0.5, 0.6) is 5.75 Å². The van der Waals surface area contributed by atoms with Gasteiger partial charge in [0.15, 0.2) is 6.73 Å². The normalized spacial score (nSPS) is 22.1. The average molecular weight is 798 g/mol. The maximum Gasteiger partial charge on any atom is 0.490 e. The summed E-state index contributed by atoms with van der Waals surface area (Å²) in [6.07, 6.45) is -3.23. The Balaban J connectivity index is 0.000000649. The summed E-state index contributed by atoms with van der Waals surface area (Å²) in [6.45, 7) is 7.10. The predicted octanol–water partition coefficient (Wildman–Crippen LogP) is 6.77. The molecule has 4 atom stereocenters. The Hall–Kier alpha value is -4.31. The highest BCUT2D eigenvalue weighted by molar-refractivity contribution is 6.40. The molecule has 7 rings (SSSR count). The van der Waals surface area contributed by atoms with Crippen molar-refractivity contribution < 1.29 is 51.3 Å². The van der Waals surface area contributed by atoms with Crippen molar-refractivity contribution in [2.24, 2.45) is 0 Å². The second kappa shape index (κ2) is 15.8. The molecule has 17 heteroatoms. The molecule has 290 valence electrons. The molecule has 0 aliphatic carbocycles. The summed E-state index contributed by atoms with van der Waals surface area (Å²) >= 11 is 13.4. The quantitative estimate of drug-likeness (QED) is 0.212. The maximum absolute atomic E-state index is 15.9. The first kappa shape index (κ1) is 39.4. The molecule has 2 bridgehead atoms. The van der Waals surface area contributed by atoms with Gasteiger partial charge in [-0.3, -0.25) is 4.79 Å². The van der Waals surface area contributed by atoms with Gasteiger partial charge in [0.1, 0.15) is 11.6 Å². The molecular weight excluding hydrogens is 759 g/mol. The lowest BCUT2D eigenvalue weighted by Gasteiger charge is -2.39. The van der Waals surface area contributed by atoms with Crippen LogP contribution in [0.15, 0.2) is 42.5 Å². The number of carboxylic acid groups (broad SMARTS) is 1. The molecule has 4 aliphatic rings. The molecule has 0 spiro atoms. The first-order valence-corrected chi connectivity index (χ1v) is 18.0. The third-order valence-corrected chi connectivity index (χ3v) is 10.6. The number of esters is 1. The zero-order valence-electron chi connectivity index (χ0n) is 29.5.